The van der Waals surface area contributed by atoms with Gasteiger partial charge in [0.25, 0.3) is 0 Å². The molecule has 0 bridgehead atoms. The number of thiocarbonyl (C=S) groups is 1. The molecule has 1 aliphatic rings. The Labute approximate surface area is 92.2 Å². The number of rotatable bonds is 1. The lowest BCUT2D eigenvalue weighted by molar-refractivity contribution is -0.148. The molecule has 1 fully saturated rings. The van der Waals surface area contributed by atoms with Crippen molar-refractivity contribution >= 4 is 17.3 Å². The first-order valence-electron chi connectivity index (χ1n) is 4.68. The van der Waals surface area contributed by atoms with Gasteiger partial charge in [0.15, 0.2) is 5.11 Å². The van der Waals surface area contributed by atoms with Crippen LogP contribution in [0.25, 0.3) is 0 Å². The molecule has 1 saturated heterocycles. The second-order valence-corrected chi connectivity index (χ2v) is 3.82. The van der Waals surface area contributed by atoms with E-state index in [-0.39, 0.29) is 0 Å². The fraction of sp³-hybridized carbons (Fsp3) is 0.875. The van der Waals surface area contributed by atoms with Crippen LogP contribution in [-0.2, 0) is 0 Å². The van der Waals surface area contributed by atoms with Crippen molar-refractivity contribution in [2.75, 3.05) is 39.8 Å². The van der Waals surface area contributed by atoms with Gasteiger partial charge in [-0.2, -0.15) is 13.2 Å². The maximum absolute atomic E-state index is 12.1. The molecule has 1 N–H and O–H groups in total. The van der Waals surface area contributed by atoms with E-state index in [1.54, 1.807) is 7.05 Å². The molecule has 1 rings (SSSR count). The third kappa shape index (κ3) is 4.21. The van der Waals surface area contributed by atoms with Crippen LogP contribution >= 0.6 is 12.2 Å². The van der Waals surface area contributed by atoms with Crippen LogP contribution in [0.5, 0.6) is 0 Å². The van der Waals surface area contributed by atoms with E-state index in [4.69, 9.17) is 12.2 Å². The fourth-order valence-electron chi connectivity index (χ4n) is 1.52. The number of halogens is 3. The molecule has 0 aliphatic carbocycles. The fourth-order valence-corrected chi connectivity index (χ4v) is 1.70. The Morgan fingerprint density at radius 2 is 1.80 bits per heavy atom. The van der Waals surface area contributed by atoms with E-state index >= 15 is 0 Å². The first kappa shape index (κ1) is 12.5. The van der Waals surface area contributed by atoms with E-state index in [9.17, 15) is 13.2 Å². The highest BCUT2D eigenvalue weighted by atomic mass is 32.1. The van der Waals surface area contributed by atoms with Gasteiger partial charge in [-0.05, 0) is 12.2 Å². The zero-order valence-corrected chi connectivity index (χ0v) is 9.29. The molecule has 1 heterocycles. The number of alkyl halides is 3. The Morgan fingerprint density at radius 1 is 1.27 bits per heavy atom. The summed E-state index contributed by atoms with van der Waals surface area (Å²) in [5, 5.41) is 3.41. The van der Waals surface area contributed by atoms with E-state index in [2.05, 4.69) is 5.32 Å². The van der Waals surface area contributed by atoms with Gasteiger partial charge < -0.3 is 10.2 Å². The topological polar surface area (TPSA) is 18.5 Å². The average molecular weight is 241 g/mol. The maximum atomic E-state index is 12.1. The van der Waals surface area contributed by atoms with E-state index in [0.717, 1.165) is 0 Å². The summed E-state index contributed by atoms with van der Waals surface area (Å²) in [6.45, 7) is 1.08. The molecule has 0 aromatic rings. The normalized spacial score (nSPS) is 19.1. The highest BCUT2D eigenvalue weighted by Crippen LogP contribution is 2.17. The molecule has 0 saturated carbocycles. The third-order valence-electron chi connectivity index (χ3n) is 2.28. The van der Waals surface area contributed by atoms with Crippen LogP contribution in [0, 0.1) is 0 Å². The molecule has 1 aliphatic heterocycles. The second kappa shape index (κ2) is 4.98. The number of hydrogen-bond acceptors (Lipinski definition) is 2. The molecule has 0 aromatic carbocycles. The first-order chi connectivity index (χ1) is 6.92. The molecule has 15 heavy (non-hydrogen) atoms. The molecule has 3 nitrogen and oxygen atoms in total. The van der Waals surface area contributed by atoms with Crippen LogP contribution in [0.1, 0.15) is 0 Å². The molecule has 7 heteroatoms. The number of hydrogen-bond donors (Lipinski definition) is 1. The Balaban J connectivity index is 2.33. The summed E-state index contributed by atoms with van der Waals surface area (Å²) in [4.78, 5) is 3.27. The summed E-state index contributed by atoms with van der Waals surface area (Å²) in [6, 6.07) is 0. The molecule has 88 valence electrons. The van der Waals surface area contributed by atoms with Crippen LogP contribution in [-0.4, -0.2) is 60.9 Å². The van der Waals surface area contributed by atoms with Gasteiger partial charge >= 0.3 is 6.18 Å². The van der Waals surface area contributed by atoms with Crippen molar-refractivity contribution in [2.45, 2.75) is 6.18 Å². The van der Waals surface area contributed by atoms with Crippen molar-refractivity contribution in [1.82, 2.24) is 15.1 Å². The van der Waals surface area contributed by atoms with Crippen LogP contribution in [0.4, 0.5) is 13.2 Å². The summed E-state index contributed by atoms with van der Waals surface area (Å²) in [7, 11) is 1.71. The van der Waals surface area contributed by atoms with Crippen molar-refractivity contribution in [3.8, 4) is 0 Å². The third-order valence-corrected chi connectivity index (χ3v) is 2.74. The first-order valence-corrected chi connectivity index (χ1v) is 5.09. The smallest absolute Gasteiger partial charge is 0.366 e. The van der Waals surface area contributed by atoms with Gasteiger partial charge in [0.2, 0.25) is 0 Å². The van der Waals surface area contributed by atoms with E-state index in [1.807, 2.05) is 4.90 Å². The van der Waals surface area contributed by atoms with E-state index < -0.39 is 12.7 Å². The summed E-state index contributed by atoms with van der Waals surface area (Å²) < 4.78 is 36.2. The largest absolute Gasteiger partial charge is 0.401 e. The average Bonchev–Trinajstić information content (AvgIpc) is 2.15. The lowest BCUT2D eigenvalue weighted by Crippen LogP contribution is -2.52. The quantitative estimate of drug-likeness (QED) is 0.680. The van der Waals surface area contributed by atoms with Crippen LogP contribution in [0.15, 0.2) is 0 Å². The molecular formula is C8H14F3N3S. The minimum atomic E-state index is -4.11. The summed E-state index contributed by atoms with van der Waals surface area (Å²) >= 11 is 5.00. The van der Waals surface area contributed by atoms with Crippen LogP contribution < -0.4 is 5.32 Å². The molecule has 0 radical (unpaired) electrons. The van der Waals surface area contributed by atoms with Crippen LogP contribution in [0.3, 0.4) is 0 Å². The zero-order chi connectivity index (χ0) is 11.5. The molecule has 0 amide bonds. The number of nitrogens with one attached hydrogen (secondary N) is 1. The maximum Gasteiger partial charge on any atom is 0.401 e. The van der Waals surface area contributed by atoms with Gasteiger partial charge in [-0.3, -0.25) is 4.90 Å². The summed E-state index contributed by atoms with van der Waals surface area (Å²) in [5.74, 6) is 0. The molecule has 0 aromatic heterocycles. The van der Waals surface area contributed by atoms with Crippen LogP contribution in [0.2, 0.25) is 0 Å². The molecule has 0 atom stereocenters. The van der Waals surface area contributed by atoms with Crippen molar-refractivity contribution < 1.29 is 13.2 Å². The Morgan fingerprint density at radius 3 is 2.20 bits per heavy atom. The predicted molar refractivity (Wildman–Crippen MR) is 55.7 cm³/mol. The SMILES string of the molecule is CNC(=S)N1CCN(CC(F)(F)F)CC1. The van der Waals surface area contributed by atoms with Crippen molar-refractivity contribution in [2.24, 2.45) is 0 Å². The van der Waals surface area contributed by atoms with Crippen molar-refractivity contribution in [3.05, 3.63) is 0 Å². The second-order valence-electron chi connectivity index (χ2n) is 3.43. The highest BCUT2D eigenvalue weighted by Gasteiger charge is 2.32. The van der Waals surface area contributed by atoms with Gasteiger partial charge in [0, 0.05) is 33.2 Å². The Bertz CT molecular complexity index is 224. The minimum Gasteiger partial charge on any atom is -0.366 e. The number of nitrogens with zero attached hydrogens (tertiary/aromatic N) is 2. The summed E-state index contributed by atoms with van der Waals surface area (Å²) in [6.07, 6.45) is -4.11. The lowest BCUT2D eigenvalue weighted by Gasteiger charge is -2.36. The van der Waals surface area contributed by atoms with Gasteiger partial charge in [0.05, 0.1) is 6.54 Å². The predicted octanol–water partition coefficient (Wildman–Crippen LogP) is 0.671. The van der Waals surface area contributed by atoms with Gasteiger partial charge in [0.1, 0.15) is 0 Å². The Kier molecular flexibility index (Phi) is 4.15. The molecule has 0 unspecified atom stereocenters. The summed E-state index contributed by atoms with van der Waals surface area (Å²) in [5.41, 5.74) is 0. The van der Waals surface area contributed by atoms with E-state index in [0.29, 0.717) is 31.3 Å². The molecular weight excluding hydrogens is 227 g/mol. The van der Waals surface area contributed by atoms with Crippen molar-refractivity contribution in [3.63, 3.8) is 0 Å². The van der Waals surface area contributed by atoms with Crippen molar-refractivity contribution in [1.29, 1.82) is 0 Å². The lowest BCUT2D eigenvalue weighted by atomic mass is 10.3. The Hall–Kier alpha value is -0.560. The standard InChI is InChI=1S/C8H14F3N3S/c1-12-7(15)14-4-2-13(3-5-14)6-8(9,10)11/h2-6H2,1H3,(H,12,15). The zero-order valence-electron chi connectivity index (χ0n) is 8.47. The van der Waals surface area contributed by atoms with Gasteiger partial charge in [-0.15, -0.1) is 0 Å². The van der Waals surface area contributed by atoms with Gasteiger partial charge in [-0.25, -0.2) is 0 Å². The molecule has 0 spiro atoms. The monoisotopic (exact) mass is 241 g/mol. The van der Waals surface area contributed by atoms with Gasteiger partial charge in [-0.1, -0.05) is 0 Å². The highest BCUT2D eigenvalue weighted by molar-refractivity contribution is 7.80. The minimum absolute atomic E-state index is 0.404. The van der Waals surface area contributed by atoms with E-state index in [1.165, 1.54) is 4.90 Å². The number of piperazine rings is 1.